The molecule has 4 aromatic rings. The highest BCUT2D eigenvalue weighted by Crippen LogP contribution is 2.25. The molecular formula is C27H31N5O3. The molecule has 0 radical (unpaired) electrons. The fraction of sp³-hybridized carbons (Fsp3) is 0.333. The minimum atomic E-state index is -0.916. The van der Waals surface area contributed by atoms with Crippen molar-refractivity contribution in [2.24, 2.45) is 5.92 Å². The SMILES string of the molecule is Cc1ccc(CN(C(=O)Cn2nnc3ccccc32)[C@@H](C(=O)NCCC(C)C)c2ccco2)cc1. The lowest BCUT2D eigenvalue weighted by atomic mass is 10.1. The molecule has 182 valence electrons. The van der Waals surface area contributed by atoms with E-state index in [9.17, 15) is 9.59 Å². The summed E-state index contributed by atoms with van der Waals surface area (Å²) in [4.78, 5) is 28.8. The first-order valence-corrected chi connectivity index (χ1v) is 11.9. The van der Waals surface area contributed by atoms with Gasteiger partial charge in [0, 0.05) is 13.1 Å². The van der Waals surface area contributed by atoms with Gasteiger partial charge in [-0.15, -0.1) is 5.10 Å². The van der Waals surface area contributed by atoms with Gasteiger partial charge in [-0.1, -0.05) is 61.0 Å². The minimum absolute atomic E-state index is 0.0527. The zero-order chi connectivity index (χ0) is 24.8. The van der Waals surface area contributed by atoms with Gasteiger partial charge in [0.15, 0.2) is 6.04 Å². The molecule has 0 fully saturated rings. The second-order valence-corrected chi connectivity index (χ2v) is 9.13. The average Bonchev–Trinajstić information content (AvgIpc) is 3.50. The molecule has 0 saturated heterocycles. The van der Waals surface area contributed by atoms with E-state index < -0.39 is 6.04 Å². The van der Waals surface area contributed by atoms with Crippen LogP contribution in [0.2, 0.25) is 0 Å². The number of aryl methyl sites for hydroxylation is 1. The van der Waals surface area contributed by atoms with Crippen molar-refractivity contribution in [1.29, 1.82) is 0 Å². The van der Waals surface area contributed by atoms with E-state index in [2.05, 4.69) is 29.5 Å². The minimum Gasteiger partial charge on any atom is -0.467 e. The monoisotopic (exact) mass is 473 g/mol. The Morgan fingerprint density at radius 3 is 2.54 bits per heavy atom. The number of nitrogens with zero attached hydrogens (tertiary/aromatic N) is 4. The number of carbonyl (C=O) groups is 2. The van der Waals surface area contributed by atoms with Crippen molar-refractivity contribution in [1.82, 2.24) is 25.2 Å². The Morgan fingerprint density at radius 2 is 1.83 bits per heavy atom. The van der Waals surface area contributed by atoms with Gasteiger partial charge < -0.3 is 14.6 Å². The molecule has 0 unspecified atom stereocenters. The second kappa shape index (κ2) is 11.0. The lowest BCUT2D eigenvalue weighted by molar-refractivity contribution is -0.143. The fourth-order valence-corrected chi connectivity index (χ4v) is 3.92. The number of rotatable bonds is 10. The predicted octanol–water partition coefficient (Wildman–Crippen LogP) is 4.27. The molecule has 2 amide bonds. The Bertz CT molecular complexity index is 1260. The maximum absolute atomic E-state index is 13.8. The molecule has 4 rings (SSSR count). The van der Waals surface area contributed by atoms with E-state index in [0.29, 0.717) is 23.7 Å². The topological polar surface area (TPSA) is 93.3 Å². The standard InChI is InChI=1S/C27H31N5O3/c1-19(2)14-15-28-27(34)26(24-9-6-16-35-24)31(17-21-12-10-20(3)11-13-21)25(33)18-32-23-8-5-4-7-22(23)29-30-32/h4-13,16,19,26H,14-15,17-18H2,1-3H3,(H,28,34)/t26-/m1/s1. The number of para-hydroxylation sites is 1. The Balaban J connectivity index is 1.66. The van der Waals surface area contributed by atoms with E-state index in [4.69, 9.17) is 4.42 Å². The Hall–Kier alpha value is -3.94. The Kier molecular flexibility index (Phi) is 7.60. The smallest absolute Gasteiger partial charge is 0.250 e. The van der Waals surface area contributed by atoms with Gasteiger partial charge >= 0.3 is 0 Å². The van der Waals surface area contributed by atoms with Crippen LogP contribution in [0.1, 0.15) is 43.2 Å². The van der Waals surface area contributed by atoms with Gasteiger partial charge in [-0.25, -0.2) is 4.68 Å². The van der Waals surface area contributed by atoms with Gasteiger partial charge in [0.2, 0.25) is 5.91 Å². The fourth-order valence-electron chi connectivity index (χ4n) is 3.92. The van der Waals surface area contributed by atoms with E-state index >= 15 is 0 Å². The number of furan rings is 1. The summed E-state index contributed by atoms with van der Waals surface area (Å²) in [7, 11) is 0. The molecule has 2 aromatic heterocycles. The number of hydrogen-bond acceptors (Lipinski definition) is 5. The first-order valence-electron chi connectivity index (χ1n) is 11.9. The molecule has 0 aliphatic rings. The van der Waals surface area contributed by atoms with Crippen LogP contribution < -0.4 is 5.32 Å². The first kappa shape index (κ1) is 24.2. The van der Waals surface area contributed by atoms with Crippen LogP contribution in [0.4, 0.5) is 0 Å². The summed E-state index contributed by atoms with van der Waals surface area (Å²) in [5.74, 6) is 0.324. The molecule has 1 N–H and O–H groups in total. The van der Waals surface area contributed by atoms with Crippen molar-refractivity contribution in [2.45, 2.75) is 46.3 Å². The van der Waals surface area contributed by atoms with E-state index in [-0.39, 0.29) is 24.9 Å². The molecule has 2 aromatic carbocycles. The number of carbonyl (C=O) groups excluding carboxylic acids is 2. The lowest BCUT2D eigenvalue weighted by Gasteiger charge is -2.30. The summed E-state index contributed by atoms with van der Waals surface area (Å²) in [5, 5.41) is 11.3. The third-order valence-corrected chi connectivity index (χ3v) is 5.89. The summed E-state index contributed by atoms with van der Waals surface area (Å²) in [6, 6.07) is 17.9. The maximum atomic E-state index is 13.8. The Labute approximate surface area is 204 Å². The number of amides is 2. The van der Waals surface area contributed by atoms with Crippen molar-refractivity contribution in [2.75, 3.05) is 6.54 Å². The highest BCUT2D eigenvalue weighted by Gasteiger charge is 2.34. The summed E-state index contributed by atoms with van der Waals surface area (Å²) < 4.78 is 7.21. The van der Waals surface area contributed by atoms with Gasteiger partial charge in [-0.05, 0) is 49.1 Å². The van der Waals surface area contributed by atoms with Gasteiger partial charge in [0.25, 0.3) is 5.91 Å². The number of aromatic nitrogens is 3. The van der Waals surface area contributed by atoms with Crippen LogP contribution in [-0.4, -0.2) is 38.3 Å². The van der Waals surface area contributed by atoms with E-state index in [1.54, 1.807) is 21.7 Å². The predicted molar refractivity (Wildman–Crippen MR) is 133 cm³/mol. The number of fused-ring (bicyclic) bond motifs is 1. The largest absolute Gasteiger partial charge is 0.467 e. The molecule has 8 heteroatoms. The van der Waals surface area contributed by atoms with Crippen molar-refractivity contribution in [3.63, 3.8) is 0 Å². The normalized spacial score (nSPS) is 12.1. The third kappa shape index (κ3) is 5.95. The van der Waals surface area contributed by atoms with Gasteiger partial charge in [0.05, 0.1) is 11.8 Å². The summed E-state index contributed by atoms with van der Waals surface area (Å²) >= 11 is 0. The molecule has 0 saturated carbocycles. The summed E-state index contributed by atoms with van der Waals surface area (Å²) in [5.41, 5.74) is 3.50. The zero-order valence-corrected chi connectivity index (χ0v) is 20.3. The van der Waals surface area contributed by atoms with Gasteiger partial charge in [-0.2, -0.15) is 0 Å². The van der Waals surface area contributed by atoms with Crippen LogP contribution in [-0.2, 0) is 22.7 Å². The molecule has 8 nitrogen and oxygen atoms in total. The molecule has 0 aliphatic carbocycles. The molecular weight excluding hydrogens is 442 g/mol. The van der Waals surface area contributed by atoms with Crippen LogP contribution in [0, 0.1) is 12.8 Å². The first-order chi connectivity index (χ1) is 16.9. The van der Waals surface area contributed by atoms with E-state index in [0.717, 1.165) is 23.1 Å². The van der Waals surface area contributed by atoms with Crippen LogP contribution in [0.5, 0.6) is 0 Å². The highest BCUT2D eigenvalue weighted by atomic mass is 16.3. The summed E-state index contributed by atoms with van der Waals surface area (Å²) in [6.07, 6.45) is 2.36. The molecule has 35 heavy (non-hydrogen) atoms. The molecule has 0 aliphatic heterocycles. The van der Waals surface area contributed by atoms with Crippen molar-refractivity contribution in [3.05, 3.63) is 83.8 Å². The van der Waals surface area contributed by atoms with Crippen molar-refractivity contribution in [3.8, 4) is 0 Å². The van der Waals surface area contributed by atoms with Gasteiger partial charge in [0.1, 0.15) is 17.8 Å². The molecule has 1 atom stereocenters. The molecule has 2 heterocycles. The van der Waals surface area contributed by atoms with Crippen LogP contribution in [0.25, 0.3) is 11.0 Å². The lowest BCUT2D eigenvalue weighted by Crippen LogP contribution is -2.44. The molecule has 0 bridgehead atoms. The van der Waals surface area contributed by atoms with Crippen LogP contribution in [0.3, 0.4) is 0 Å². The maximum Gasteiger partial charge on any atom is 0.250 e. The van der Waals surface area contributed by atoms with Crippen LogP contribution >= 0.6 is 0 Å². The van der Waals surface area contributed by atoms with Crippen LogP contribution in [0.15, 0.2) is 71.3 Å². The second-order valence-electron chi connectivity index (χ2n) is 9.13. The molecule has 0 spiro atoms. The van der Waals surface area contributed by atoms with Gasteiger partial charge in [-0.3, -0.25) is 9.59 Å². The quantitative estimate of drug-likeness (QED) is 0.371. The van der Waals surface area contributed by atoms with E-state index in [1.165, 1.54) is 6.26 Å². The zero-order valence-electron chi connectivity index (χ0n) is 20.3. The van der Waals surface area contributed by atoms with Crippen molar-refractivity contribution < 1.29 is 14.0 Å². The average molecular weight is 474 g/mol. The van der Waals surface area contributed by atoms with E-state index in [1.807, 2.05) is 55.5 Å². The van der Waals surface area contributed by atoms with Crippen molar-refractivity contribution >= 4 is 22.8 Å². The number of benzene rings is 2. The Morgan fingerprint density at radius 1 is 1.06 bits per heavy atom. The highest BCUT2D eigenvalue weighted by molar-refractivity contribution is 5.88. The summed E-state index contributed by atoms with van der Waals surface area (Å²) in [6.45, 7) is 6.93. The number of nitrogens with one attached hydrogen (secondary N) is 1. The third-order valence-electron chi connectivity index (χ3n) is 5.89. The number of hydrogen-bond donors (Lipinski definition) is 1.